The lowest BCUT2D eigenvalue weighted by molar-refractivity contribution is 0.0385. The lowest BCUT2D eigenvalue weighted by Crippen LogP contribution is -1.97. The molecule has 0 spiro atoms. The lowest BCUT2D eigenvalue weighted by atomic mass is 10.1. The maximum Gasteiger partial charge on any atom is 0.189 e. The minimum absolute atomic E-state index is 0.0828. The van der Waals surface area contributed by atoms with Gasteiger partial charge in [-0.25, -0.2) is 0 Å². The van der Waals surface area contributed by atoms with E-state index in [4.69, 9.17) is 14.2 Å². The van der Waals surface area contributed by atoms with Crippen LogP contribution in [0.4, 0.5) is 0 Å². The SMILES string of the molecule is COc1ccc(COC2OC2c2ccccc2)cc1. The van der Waals surface area contributed by atoms with Gasteiger partial charge in [-0.1, -0.05) is 42.5 Å². The molecule has 3 heteroatoms. The molecule has 2 atom stereocenters. The molecule has 3 nitrogen and oxygen atoms in total. The van der Waals surface area contributed by atoms with Crippen molar-refractivity contribution in [2.24, 2.45) is 0 Å². The van der Waals surface area contributed by atoms with Crippen LogP contribution in [0.25, 0.3) is 0 Å². The highest BCUT2D eigenvalue weighted by Crippen LogP contribution is 2.39. The van der Waals surface area contributed by atoms with Crippen LogP contribution in [0.15, 0.2) is 54.6 Å². The molecule has 19 heavy (non-hydrogen) atoms. The summed E-state index contributed by atoms with van der Waals surface area (Å²) in [5.74, 6) is 0.855. The molecule has 0 radical (unpaired) electrons. The number of epoxide rings is 1. The van der Waals surface area contributed by atoms with Gasteiger partial charge in [-0.2, -0.15) is 0 Å². The van der Waals surface area contributed by atoms with Crippen molar-refractivity contribution < 1.29 is 14.2 Å². The Morgan fingerprint density at radius 3 is 2.42 bits per heavy atom. The molecule has 0 bridgehead atoms. The van der Waals surface area contributed by atoms with Crippen LogP contribution >= 0.6 is 0 Å². The molecule has 2 unspecified atom stereocenters. The summed E-state index contributed by atoms with van der Waals surface area (Å²) in [5.41, 5.74) is 2.28. The van der Waals surface area contributed by atoms with Crippen molar-refractivity contribution in [2.75, 3.05) is 7.11 Å². The second kappa shape index (κ2) is 5.43. The largest absolute Gasteiger partial charge is 0.497 e. The maximum atomic E-state index is 5.72. The molecule has 0 aromatic heterocycles. The predicted molar refractivity (Wildman–Crippen MR) is 71.8 cm³/mol. The zero-order valence-electron chi connectivity index (χ0n) is 10.8. The highest BCUT2D eigenvalue weighted by atomic mass is 16.8. The fourth-order valence-electron chi connectivity index (χ4n) is 2.00. The fourth-order valence-corrected chi connectivity index (χ4v) is 2.00. The van der Waals surface area contributed by atoms with Crippen LogP contribution in [0.2, 0.25) is 0 Å². The summed E-state index contributed by atoms with van der Waals surface area (Å²) >= 11 is 0. The third kappa shape index (κ3) is 2.95. The molecule has 1 aliphatic rings. The lowest BCUT2D eigenvalue weighted by Gasteiger charge is -2.03. The molecular formula is C16H16O3. The van der Waals surface area contributed by atoms with E-state index in [0.29, 0.717) is 6.61 Å². The average Bonchev–Trinajstić information content (AvgIpc) is 3.26. The van der Waals surface area contributed by atoms with E-state index in [-0.39, 0.29) is 12.4 Å². The van der Waals surface area contributed by atoms with E-state index >= 15 is 0 Å². The van der Waals surface area contributed by atoms with Crippen molar-refractivity contribution in [3.05, 3.63) is 65.7 Å². The quantitative estimate of drug-likeness (QED) is 0.769. The minimum Gasteiger partial charge on any atom is -0.497 e. The van der Waals surface area contributed by atoms with E-state index < -0.39 is 0 Å². The Kier molecular flexibility index (Phi) is 3.49. The number of methoxy groups -OCH3 is 1. The van der Waals surface area contributed by atoms with Crippen molar-refractivity contribution in [1.82, 2.24) is 0 Å². The fraction of sp³-hybridized carbons (Fsp3) is 0.250. The molecule has 0 N–H and O–H groups in total. The molecule has 3 rings (SSSR count). The third-order valence-corrected chi connectivity index (χ3v) is 3.15. The number of ether oxygens (including phenoxy) is 3. The van der Waals surface area contributed by atoms with Crippen molar-refractivity contribution in [2.45, 2.75) is 19.0 Å². The molecule has 2 aromatic carbocycles. The molecule has 2 aromatic rings. The predicted octanol–water partition coefficient (Wildman–Crippen LogP) is 3.31. The first-order valence-corrected chi connectivity index (χ1v) is 6.32. The van der Waals surface area contributed by atoms with Crippen molar-refractivity contribution in [1.29, 1.82) is 0 Å². The Bertz CT molecular complexity index is 521. The van der Waals surface area contributed by atoms with Gasteiger partial charge in [0.1, 0.15) is 11.9 Å². The van der Waals surface area contributed by atoms with E-state index in [0.717, 1.165) is 11.3 Å². The molecule has 1 heterocycles. The smallest absolute Gasteiger partial charge is 0.189 e. The van der Waals surface area contributed by atoms with Gasteiger partial charge in [0.2, 0.25) is 0 Å². The topological polar surface area (TPSA) is 31.0 Å². The molecular weight excluding hydrogens is 240 g/mol. The van der Waals surface area contributed by atoms with Gasteiger partial charge in [0.05, 0.1) is 13.7 Å². The summed E-state index contributed by atoms with van der Waals surface area (Å²) in [6, 6.07) is 18.0. The Hall–Kier alpha value is -1.84. The van der Waals surface area contributed by atoms with E-state index in [2.05, 4.69) is 12.1 Å². The summed E-state index contributed by atoms with van der Waals surface area (Å²) < 4.78 is 16.4. The molecule has 1 saturated heterocycles. The van der Waals surface area contributed by atoms with E-state index in [1.165, 1.54) is 5.56 Å². The van der Waals surface area contributed by atoms with Crippen molar-refractivity contribution >= 4 is 0 Å². The van der Waals surface area contributed by atoms with Gasteiger partial charge in [0, 0.05) is 0 Å². The van der Waals surface area contributed by atoms with Crippen LogP contribution in [0.5, 0.6) is 5.75 Å². The second-order valence-electron chi connectivity index (χ2n) is 4.49. The van der Waals surface area contributed by atoms with Gasteiger partial charge >= 0.3 is 0 Å². The first-order chi connectivity index (χ1) is 9.36. The molecule has 0 saturated carbocycles. The zero-order valence-corrected chi connectivity index (χ0v) is 10.8. The zero-order chi connectivity index (χ0) is 13.1. The van der Waals surface area contributed by atoms with Crippen molar-refractivity contribution in [3.63, 3.8) is 0 Å². The van der Waals surface area contributed by atoms with Crippen molar-refractivity contribution in [3.8, 4) is 5.75 Å². The average molecular weight is 256 g/mol. The maximum absolute atomic E-state index is 5.72. The summed E-state index contributed by atoms with van der Waals surface area (Å²) in [5, 5.41) is 0. The van der Waals surface area contributed by atoms with Crippen LogP contribution in [0.1, 0.15) is 17.2 Å². The third-order valence-electron chi connectivity index (χ3n) is 3.15. The highest BCUT2D eigenvalue weighted by molar-refractivity contribution is 5.27. The molecule has 98 valence electrons. The van der Waals surface area contributed by atoms with E-state index in [1.807, 2.05) is 42.5 Å². The van der Waals surface area contributed by atoms with Gasteiger partial charge in [-0.3, -0.25) is 0 Å². The van der Waals surface area contributed by atoms with Gasteiger partial charge in [-0.15, -0.1) is 0 Å². The molecule has 0 aliphatic carbocycles. The summed E-state index contributed by atoms with van der Waals surface area (Å²) in [6.07, 6.45) is -0.0380. The Balaban J connectivity index is 1.51. The number of hydrogen-bond donors (Lipinski definition) is 0. The van der Waals surface area contributed by atoms with Crippen LogP contribution in [-0.4, -0.2) is 13.4 Å². The van der Waals surface area contributed by atoms with Gasteiger partial charge in [-0.05, 0) is 23.3 Å². The van der Waals surface area contributed by atoms with E-state index in [9.17, 15) is 0 Å². The number of hydrogen-bond acceptors (Lipinski definition) is 3. The van der Waals surface area contributed by atoms with Gasteiger partial charge in [0.15, 0.2) is 6.29 Å². The second-order valence-corrected chi connectivity index (χ2v) is 4.49. The first kappa shape index (κ1) is 12.2. The standard InChI is InChI=1S/C16H16O3/c1-17-14-9-7-12(8-10-14)11-18-16-15(19-16)13-5-3-2-4-6-13/h2-10,15-16H,11H2,1H3. The molecule has 1 fully saturated rings. The Morgan fingerprint density at radius 1 is 1.00 bits per heavy atom. The van der Waals surface area contributed by atoms with Crippen LogP contribution < -0.4 is 4.74 Å². The number of benzene rings is 2. The van der Waals surface area contributed by atoms with E-state index in [1.54, 1.807) is 7.11 Å². The van der Waals surface area contributed by atoms with Gasteiger partial charge < -0.3 is 14.2 Å². The number of rotatable bonds is 5. The first-order valence-electron chi connectivity index (χ1n) is 6.32. The normalized spacial score (nSPS) is 21.1. The van der Waals surface area contributed by atoms with Gasteiger partial charge in [0.25, 0.3) is 0 Å². The molecule has 0 amide bonds. The Labute approximate surface area is 112 Å². The summed E-state index contributed by atoms with van der Waals surface area (Å²) in [4.78, 5) is 0. The van der Waals surface area contributed by atoms with Crippen LogP contribution in [0.3, 0.4) is 0 Å². The van der Waals surface area contributed by atoms with Crippen LogP contribution in [0, 0.1) is 0 Å². The Morgan fingerprint density at radius 2 is 1.74 bits per heavy atom. The minimum atomic E-state index is -0.121. The molecule has 1 aliphatic heterocycles. The monoisotopic (exact) mass is 256 g/mol. The van der Waals surface area contributed by atoms with Crippen LogP contribution in [-0.2, 0) is 16.1 Å². The summed E-state index contributed by atoms with van der Waals surface area (Å²) in [6.45, 7) is 0.554. The summed E-state index contributed by atoms with van der Waals surface area (Å²) in [7, 11) is 1.66. The highest BCUT2D eigenvalue weighted by Gasteiger charge is 2.41.